The number of rotatable bonds is 4. The minimum Gasteiger partial charge on any atom is -0.496 e. The zero-order chi connectivity index (χ0) is 15.6. The van der Waals surface area contributed by atoms with Crippen LogP contribution in [0.2, 0.25) is 0 Å². The standard InChI is InChI=1S/C16H14BrIO3/c1-9-5-4-6-10(15(9)18)16(19)11-7-14(21-3)12(17)8-13(11)20-2/h4-8H,1-3H3. The summed E-state index contributed by atoms with van der Waals surface area (Å²) in [6.07, 6.45) is 0. The zero-order valence-corrected chi connectivity index (χ0v) is 15.6. The van der Waals surface area contributed by atoms with Crippen molar-refractivity contribution in [3.63, 3.8) is 0 Å². The van der Waals surface area contributed by atoms with E-state index < -0.39 is 0 Å². The molecule has 0 N–H and O–H groups in total. The molecule has 2 aromatic rings. The number of ketones is 1. The molecule has 0 unspecified atom stereocenters. The molecule has 0 saturated heterocycles. The lowest BCUT2D eigenvalue weighted by molar-refractivity contribution is 0.103. The van der Waals surface area contributed by atoms with Crippen molar-refractivity contribution in [3.8, 4) is 11.5 Å². The van der Waals surface area contributed by atoms with Gasteiger partial charge in [0.15, 0.2) is 5.78 Å². The van der Waals surface area contributed by atoms with Crippen LogP contribution in [0.4, 0.5) is 0 Å². The van der Waals surface area contributed by atoms with Gasteiger partial charge in [-0.1, -0.05) is 12.1 Å². The van der Waals surface area contributed by atoms with E-state index in [2.05, 4.69) is 38.5 Å². The van der Waals surface area contributed by atoms with Gasteiger partial charge in [0, 0.05) is 9.13 Å². The van der Waals surface area contributed by atoms with Crippen molar-refractivity contribution in [3.05, 3.63) is 55.1 Å². The van der Waals surface area contributed by atoms with E-state index in [1.165, 1.54) is 0 Å². The van der Waals surface area contributed by atoms with Gasteiger partial charge in [0.1, 0.15) is 11.5 Å². The average molecular weight is 461 g/mol. The predicted octanol–water partition coefficient (Wildman–Crippen LogP) is 4.61. The molecule has 0 aliphatic carbocycles. The largest absolute Gasteiger partial charge is 0.496 e. The summed E-state index contributed by atoms with van der Waals surface area (Å²) in [7, 11) is 3.11. The smallest absolute Gasteiger partial charge is 0.197 e. The molecule has 2 aromatic carbocycles. The van der Waals surface area contributed by atoms with E-state index in [1.54, 1.807) is 26.4 Å². The van der Waals surface area contributed by atoms with E-state index in [0.29, 0.717) is 22.6 Å². The van der Waals surface area contributed by atoms with Gasteiger partial charge in [-0.3, -0.25) is 4.79 Å². The van der Waals surface area contributed by atoms with Gasteiger partial charge in [0.05, 0.1) is 24.3 Å². The molecule has 0 radical (unpaired) electrons. The Morgan fingerprint density at radius 2 is 1.76 bits per heavy atom. The molecule has 0 aliphatic rings. The van der Waals surface area contributed by atoms with Gasteiger partial charge in [0.25, 0.3) is 0 Å². The van der Waals surface area contributed by atoms with E-state index >= 15 is 0 Å². The first-order valence-electron chi connectivity index (χ1n) is 6.21. The highest BCUT2D eigenvalue weighted by Crippen LogP contribution is 2.34. The lowest BCUT2D eigenvalue weighted by Crippen LogP contribution is -2.07. The van der Waals surface area contributed by atoms with Gasteiger partial charge in [-0.15, -0.1) is 0 Å². The Hall–Kier alpha value is -1.08. The van der Waals surface area contributed by atoms with Crippen LogP contribution in [0.3, 0.4) is 0 Å². The van der Waals surface area contributed by atoms with Crippen LogP contribution in [0.5, 0.6) is 11.5 Å². The van der Waals surface area contributed by atoms with Crippen molar-refractivity contribution in [1.82, 2.24) is 0 Å². The Morgan fingerprint density at radius 1 is 1.10 bits per heavy atom. The lowest BCUT2D eigenvalue weighted by Gasteiger charge is -2.13. The summed E-state index contributed by atoms with van der Waals surface area (Å²) in [6, 6.07) is 9.13. The summed E-state index contributed by atoms with van der Waals surface area (Å²) >= 11 is 5.59. The molecule has 110 valence electrons. The molecule has 2 rings (SSSR count). The molecule has 21 heavy (non-hydrogen) atoms. The van der Waals surface area contributed by atoms with Crippen molar-refractivity contribution in [2.45, 2.75) is 6.92 Å². The van der Waals surface area contributed by atoms with Gasteiger partial charge in [0.2, 0.25) is 0 Å². The third-order valence-electron chi connectivity index (χ3n) is 3.15. The number of carbonyl (C=O) groups is 1. The van der Waals surface area contributed by atoms with Crippen molar-refractivity contribution in [2.24, 2.45) is 0 Å². The number of aryl methyl sites for hydroxylation is 1. The molecule has 0 bridgehead atoms. The summed E-state index contributed by atoms with van der Waals surface area (Å²) in [5.74, 6) is 1.04. The quantitative estimate of drug-likeness (QED) is 0.493. The minimum atomic E-state index is -0.0780. The van der Waals surface area contributed by atoms with Crippen LogP contribution in [0.15, 0.2) is 34.8 Å². The van der Waals surface area contributed by atoms with E-state index in [9.17, 15) is 4.79 Å². The highest BCUT2D eigenvalue weighted by atomic mass is 127. The van der Waals surface area contributed by atoms with Gasteiger partial charge < -0.3 is 9.47 Å². The Kier molecular flexibility index (Phi) is 5.27. The molecular formula is C16H14BrIO3. The molecule has 0 atom stereocenters. The van der Waals surface area contributed by atoms with Gasteiger partial charge in [-0.25, -0.2) is 0 Å². The highest BCUT2D eigenvalue weighted by Gasteiger charge is 2.20. The number of hydrogen-bond acceptors (Lipinski definition) is 3. The van der Waals surface area contributed by atoms with Crippen LogP contribution in [0, 0.1) is 10.5 Å². The maximum absolute atomic E-state index is 12.8. The predicted molar refractivity (Wildman–Crippen MR) is 94.6 cm³/mol. The number of benzene rings is 2. The monoisotopic (exact) mass is 460 g/mol. The van der Waals surface area contributed by atoms with E-state index in [-0.39, 0.29) is 5.78 Å². The van der Waals surface area contributed by atoms with Crippen LogP contribution in [0.25, 0.3) is 0 Å². The zero-order valence-electron chi connectivity index (χ0n) is 11.9. The fourth-order valence-electron chi connectivity index (χ4n) is 2.01. The number of ether oxygens (including phenoxy) is 2. The molecular weight excluding hydrogens is 447 g/mol. The highest BCUT2D eigenvalue weighted by molar-refractivity contribution is 14.1. The molecule has 5 heteroatoms. The molecule has 0 saturated carbocycles. The molecule has 0 amide bonds. The number of halogens is 2. The molecule has 0 fully saturated rings. The first-order chi connectivity index (χ1) is 9.99. The SMILES string of the molecule is COc1cc(C(=O)c2cccc(C)c2I)c(OC)cc1Br. The summed E-state index contributed by atoms with van der Waals surface area (Å²) in [4.78, 5) is 12.8. The van der Waals surface area contributed by atoms with Gasteiger partial charge in [-0.05, 0) is 69.2 Å². The maximum Gasteiger partial charge on any atom is 0.197 e. The maximum atomic E-state index is 12.8. The van der Waals surface area contributed by atoms with Crippen molar-refractivity contribution in [1.29, 1.82) is 0 Å². The number of carbonyl (C=O) groups excluding carboxylic acids is 1. The Bertz CT molecular complexity index is 698. The van der Waals surface area contributed by atoms with Crippen LogP contribution < -0.4 is 9.47 Å². The Balaban J connectivity index is 2.60. The van der Waals surface area contributed by atoms with E-state index in [0.717, 1.165) is 13.6 Å². The topological polar surface area (TPSA) is 35.5 Å². The second kappa shape index (κ2) is 6.79. The first kappa shape index (κ1) is 16.3. The second-order valence-corrected chi connectivity index (χ2v) is 6.39. The van der Waals surface area contributed by atoms with Crippen LogP contribution in [-0.4, -0.2) is 20.0 Å². The Morgan fingerprint density at radius 3 is 2.38 bits per heavy atom. The Labute approximate surface area is 145 Å². The average Bonchev–Trinajstić information content (AvgIpc) is 2.49. The lowest BCUT2D eigenvalue weighted by atomic mass is 10.0. The second-order valence-electron chi connectivity index (χ2n) is 4.45. The summed E-state index contributed by atoms with van der Waals surface area (Å²) in [5, 5.41) is 0. The van der Waals surface area contributed by atoms with E-state index in [1.807, 2.05) is 25.1 Å². The molecule has 3 nitrogen and oxygen atoms in total. The molecule has 0 heterocycles. The summed E-state index contributed by atoms with van der Waals surface area (Å²) in [5.41, 5.74) is 2.23. The van der Waals surface area contributed by atoms with Crippen LogP contribution in [0.1, 0.15) is 21.5 Å². The van der Waals surface area contributed by atoms with Crippen LogP contribution in [-0.2, 0) is 0 Å². The normalized spacial score (nSPS) is 10.3. The first-order valence-corrected chi connectivity index (χ1v) is 8.08. The molecule has 0 spiro atoms. The number of methoxy groups -OCH3 is 2. The third-order valence-corrected chi connectivity index (χ3v) is 5.21. The van der Waals surface area contributed by atoms with Crippen molar-refractivity contribution >= 4 is 44.3 Å². The van der Waals surface area contributed by atoms with Crippen LogP contribution >= 0.6 is 38.5 Å². The summed E-state index contributed by atoms with van der Waals surface area (Å²) in [6.45, 7) is 1.98. The molecule has 0 aliphatic heterocycles. The van der Waals surface area contributed by atoms with Gasteiger partial charge in [-0.2, -0.15) is 0 Å². The fourth-order valence-corrected chi connectivity index (χ4v) is 3.09. The van der Waals surface area contributed by atoms with E-state index in [4.69, 9.17) is 9.47 Å². The molecule has 0 aromatic heterocycles. The minimum absolute atomic E-state index is 0.0780. The third kappa shape index (κ3) is 3.23. The van der Waals surface area contributed by atoms with Crippen molar-refractivity contribution in [2.75, 3.05) is 14.2 Å². The van der Waals surface area contributed by atoms with Crippen molar-refractivity contribution < 1.29 is 14.3 Å². The fraction of sp³-hybridized carbons (Fsp3) is 0.188. The number of hydrogen-bond donors (Lipinski definition) is 0. The summed E-state index contributed by atoms with van der Waals surface area (Å²) < 4.78 is 12.3. The van der Waals surface area contributed by atoms with Gasteiger partial charge >= 0.3 is 0 Å².